The van der Waals surface area contributed by atoms with E-state index < -0.39 is 0 Å². The molecule has 0 aromatic heterocycles. The van der Waals surface area contributed by atoms with Crippen molar-refractivity contribution >= 4 is 11.6 Å². The summed E-state index contributed by atoms with van der Waals surface area (Å²) < 4.78 is 0. The molecule has 0 bridgehead atoms. The van der Waals surface area contributed by atoms with Crippen LogP contribution in [-0.4, -0.2) is 11.7 Å². The summed E-state index contributed by atoms with van der Waals surface area (Å²) >= 11 is 6.20. The van der Waals surface area contributed by atoms with Crippen LogP contribution in [0.5, 0.6) is 5.75 Å². The molecule has 0 radical (unpaired) electrons. The van der Waals surface area contributed by atoms with Crippen molar-refractivity contribution in [3.63, 3.8) is 0 Å². The standard InChI is InChI=1S/C15H20ClNO/c16-12-8-10-4-1-2-5-11(10)13(14(12)18)15(9-17)6-3-7-15/h8,18H,1-7,9,17H2. The molecule has 2 aliphatic carbocycles. The van der Waals surface area contributed by atoms with Crippen molar-refractivity contribution in [2.24, 2.45) is 5.73 Å². The molecule has 2 nitrogen and oxygen atoms in total. The van der Waals surface area contributed by atoms with Gasteiger partial charge in [0.05, 0.1) is 5.02 Å². The van der Waals surface area contributed by atoms with E-state index >= 15 is 0 Å². The number of nitrogens with two attached hydrogens (primary N) is 1. The molecule has 1 aromatic carbocycles. The van der Waals surface area contributed by atoms with Crippen LogP contribution < -0.4 is 5.73 Å². The van der Waals surface area contributed by atoms with Gasteiger partial charge in [-0.2, -0.15) is 0 Å². The maximum Gasteiger partial charge on any atom is 0.138 e. The minimum atomic E-state index is -0.00356. The second-order valence-electron chi connectivity index (χ2n) is 5.76. The van der Waals surface area contributed by atoms with Gasteiger partial charge in [0.2, 0.25) is 0 Å². The average Bonchev–Trinajstić information content (AvgIpc) is 2.33. The first-order valence-corrected chi connectivity index (χ1v) is 7.29. The molecule has 0 amide bonds. The van der Waals surface area contributed by atoms with Crippen LogP contribution in [-0.2, 0) is 18.3 Å². The molecule has 3 N–H and O–H groups in total. The molecule has 0 unspecified atom stereocenters. The Labute approximate surface area is 113 Å². The Morgan fingerprint density at radius 2 is 1.94 bits per heavy atom. The minimum Gasteiger partial charge on any atom is -0.506 e. The van der Waals surface area contributed by atoms with Gasteiger partial charge in [-0.25, -0.2) is 0 Å². The second kappa shape index (κ2) is 4.43. The molecule has 0 spiro atoms. The molecule has 0 aliphatic heterocycles. The van der Waals surface area contributed by atoms with Crippen molar-refractivity contribution in [3.8, 4) is 5.75 Å². The summed E-state index contributed by atoms with van der Waals surface area (Å²) in [5.74, 6) is 0.294. The Kier molecular flexibility index (Phi) is 3.03. The Morgan fingerprint density at radius 1 is 1.22 bits per heavy atom. The number of rotatable bonds is 2. The lowest BCUT2D eigenvalue weighted by atomic mass is 9.62. The number of phenols is 1. The molecule has 98 valence electrons. The maximum atomic E-state index is 10.4. The van der Waals surface area contributed by atoms with Gasteiger partial charge < -0.3 is 10.8 Å². The van der Waals surface area contributed by atoms with E-state index in [1.54, 1.807) is 0 Å². The van der Waals surface area contributed by atoms with Crippen LogP contribution in [0.15, 0.2) is 6.07 Å². The molecule has 0 heterocycles. The quantitative estimate of drug-likeness (QED) is 0.862. The molecule has 3 heteroatoms. The summed E-state index contributed by atoms with van der Waals surface area (Å²) in [6, 6.07) is 1.96. The Morgan fingerprint density at radius 3 is 2.56 bits per heavy atom. The Bertz CT molecular complexity index is 474. The number of benzene rings is 1. The van der Waals surface area contributed by atoms with Gasteiger partial charge in [0, 0.05) is 17.5 Å². The fourth-order valence-electron chi connectivity index (χ4n) is 3.59. The van der Waals surface area contributed by atoms with Crippen LogP contribution in [0.25, 0.3) is 0 Å². The van der Waals surface area contributed by atoms with Gasteiger partial charge in [-0.05, 0) is 55.7 Å². The molecule has 0 saturated heterocycles. The lowest BCUT2D eigenvalue weighted by Crippen LogP contribution is -2.42. The molecule has 2 aliphatic rings. The first-order valence-electron chi connectivity index (χ1n) is 6.92. The van der Waals surface area contributed by atoms with Gasteiger partial charge in [-0.15, -0.1) is 0 Å². The summed E-state index contributed by atoms with van der Waals surface area (Å²) in [5.41, 5.74) is 9.75. The molecule has 3 rings (SSSR count). The highest BCUT2D eigenvalue weighted by molar-refractivity contribution is 6.32. The number of halogens is 1. The first kappa shape index (κ1) is 12.3. The SMILES string of the molecule is NCC1(c2c(O)c(Cl)cc3c2CCCC3)CCC1. The zero-order valence-electron chi connectivity index (χ0n) is 10.6. The summed E-state index contributed by atoms with van der Waals surface area (Å²) in [6.45, 7) is 0.618. The fourth-order valence-corrected chi connectivity index (χ4v) is 3.81. The third-order valence-corrected chi connectivity index (χ3v) is 5.10. The van der Waals surface area contributed by atoms with E-state index in [0.29, 0.717) is 17.3 Å². The number of hydrogen-bond donors (Lipinski definition) is 2. The fraction of sp³-hybridized carbons (Fsp3) is 0.600. The molecular weight excluding hydrogens is 246 g/mol. The Balaban J connectivity index is 2.20. The highest BCUT2D eigenvalue weighted by atomic mass is 35.5. The number of hydrogen-bond acceptors (Lipinski definition) is 2. The van der Waals surface area contributed by atoms with Crippen molar-refractivity contribution in [1.29, 1.82) is 0 Å². The highest BCUT2D eigenvalue weighted by Gasteiger charge is 2.42. The number of aryl methyl sites for hydroxylation is 1. The summed E-state index contributed by atoms with van der Waals surface area (Å²) in [4.78, 5) is 0. The van der Waals surface area contributed by atoms with E-state index in [9.17, 15) is 5.11 Å². The van der Waals surface area contributed by atoms with Gasteiger partial charge in [-0.1, -0.05) is 18.0 Å². The molecule has 1 saturated carbocycles. The van der Waals surface area contributed by atoms with E-state index in [1.807, 2.05) is 6.07 Å². The molecule has 1 aromatic rings. The summed E-state index contributed by atoms with van der Waals surface area (Å²) in [7, 11) is 0. The van der Waals surface area contributed by atoms with Gasteiger partial charge in [-0.3, -0.25) is 0 Å². The number of phenolic OH excluding ortho intramolecular Hbond substituents is 1. The van der Waals surface area contributed by atoms with Crippen molar-refractivity contribution in [3.05, 3.63) is 27.8 Å². The second-order valence-corrected chi connectivity index (χ2v) is 6.17. The van der Waals surface area contributed by atoms with Crippen LogP contribution in [0.1, 0.15) is 48.8 Å². The van der Waals surface area contributed by atoms with Gasteiger partial charge >= 0.3 is 0 Å². The molecule has 1 fully saturated rings. The van der Waals surface area contributed by atoms with Gasteiger partial charge in [0.15, 0.2) is 0 Å². The predicted octanol–water partition coefficient (Wildman–Crippen LogP) is 3.30. The highest BCUT2D eigenvalue weighted by Crippen LogP contribution is 2.51. The van der Waals surface area contributed by atoms with Crippen molar-refractivity contribution in [2.45, 2.75) is 50.4 Å². The monoisotopic (exact) mass is 265 g/mol. The number of fused-ring (bicyclic) bond motifs is 1. The van der Waals surface area contributed by atoms with Crippen LogP contribution >= 0.6 is 11.6 Å². The van der Waals surface area contributed by atoms with Crippen LogP contribution in [0.3, 0.4) is 0 Å². The smallest absolute Gasteiger partial charge is 0.138 e. The van der Waals surface area contributed by atoms with Crippen molar-refractivity contribution in [1.82, 2.24) is 0 Å². The number of aromatic hydroxyl groups is 1. The van der Waals surface area contributed by atoms with Crippen molar-refractivity contribution < 1.29 is 5.11 Å². The minimum absolute atomic E-state index is 0.00356. The Hall–Kier alpha value is -0.730. The van der Waals surface area contributed by atoms with Gasteiger partial charge in [0.1, 0.15) is 5.75 Å². The van der Waals surface area contributed by atoms with E-state index in [1.165, 1.54) is 30.4 Å². The van der Waals surface area contributed by atoms with E-state index in [4.69, 9.17) is 17.3 Å². The normalized spacial score (nSPS) is 21.2. The van der Waals surface area contributed by atoms with Crippen LogP contribution in [0, 0.1) is 0 Å². The first-order chi connectivity index (χ1) is 8.68. The third-order valence-electron chi connectivity index (χ3n) is 4.81. The third kappa shape index (κ3) is 1.66. The maximum absolute atomic E-state index is 10.4. The zero-order valence-corrected chi connectivity index (χ0v) is 11.4. The van der Waals surface area contributed by atoms with E-state index in [-0.39, 0.29) is 5.41 Å². The lowest BCUT2D eigenvalue weighted by molar-refractivity contribution is 0.242. The average molecular weight is 266 g/mol. The van der Waals surface area contributed by atoms with E-state index in [2.05, 4.69) is 0 Å². The predicted molar refractivity (Wildman–Crippen MR) is 74.3 cm³/mol. The van der Waals surface area contributed by atoms with Crippen LogP contribution in [0.2, 0.25) is 5.02 Å². The zero-order chi connectivity index (χ0) is 12.8. The summed E-state index contributed by atoms with van der Waals surface area (Å²) in [5, 5.41) is 10.9. The summed E-state index contributed by atoms with van der Waals surface area (Å²) in [6.07, 6.45) is 7.97. The lowest BCUT2D eigenvalue weighted by Gasteiger charge is -2.44. The van der Waals surface area contributed by atoms with Crippen LogP contribution in [0.4, 0.5) is 0 Å². The molecular formula is C15H20ClNO. The van der Waals surface area contributed by atoms with Gasteiger partial charge in [0.25, 0.3) is 0 Å². The molecule has 18 heavy (non-hydrogen) atoms. The van der Waals surface area contributed by atoms with E-state index in [0.717, 1.165) is 31.2 Å². The van der Waals surface area contributed by atoms with Crippen molar-refractivity contribution in [2.75, 3.05) is 6.54 Å². The topological polar surface area (TPSA) is 46.2 Å². The molecule has 0 atom stereocenters. The largest absolute Gasteiger partial charge is 0.506 e.